The van der Waals surface area contributed by atoms with Gasteiger partial charge in [0.15, 0.2) is 0 Å². The highest BCUT2D eigenvalue weighted by atomic mass is 16.3. The Labute approximate surface area is 193 Å². The first-order chi connectivity index (χ1) is 15.5. The third kappa shape index (κ3) is 5.33. The molecule has 3 aliphatic rings. The molecule has 0 saturated carbocycles. The molecule has 0 bridgehead atoms. The Hall–Kier alpha value is -2.36. The molecule has 170 valence electrons. The molecule has 1 fully saturated rings. The van der Waals surface area contributed by atoms with Crippen molar-refractivity contribution in [2.45, 2.75) is 38.5 Å². The van der Waals surface area contributed by atoms with E-state index >= 15 is 0 Å². The van der Waals surface area contributed by atoms with Gasteiger partial charge in [-0.2, -0.15) is 0 Å². The van der Waals surface area contributed by atoms with Gasteiger partial charge >= 0.3 is 0 Å². The van der Waals surface area contributed by atoms with Crippen molar-refractivity contribution in [3.63, 3.8) is 0 Å². The Morgan fingerprint density at radius 3 is 2.41 bits per heavy atom. The van der Waals surface area contributed by atoms with E-state index < -0.39 is 0 Å². The van der Waals surface area contributed by atoms with E-state index in [0.29, 0.717) is 24.0 Å². The van der Waals surface area contributed by atoms with Gasteiger partial charge in [0.25, 0.3) is 0 Å². The highest BCUT2D eigenvalue weighted by Gasteiger charge is 2.38. The van der Waals surface area contributed by atoms with Crippen LogP contribution >= 0.6 is 0 Å². The van der Waals surface area contributed by atoms with E-state index in [4.69, 9.17) is 0 Å². The molecule has 1 heterocycles. The number of likely N-dealkylation sites (tertiary alicyclic amines) is 1. The molecule has 4 rings (SSSR count). The van der Waals surface area contributed by atoms with Crippen LogP contribution in [0.4, 0.5) is 0 Å². The summed E-state index contributed by atoms with van der Waals surface area (Å²) in [7, 11) is 4.62. The topological polar surface area (TPSA) is 40.5 Å². The molecule has 0 radical (unpaired) electrons. The fourth-order valence-electron chi connectivity index (χ4n) is 5.50. The maximum absolute atomic E-state index is 9.97. The molecule has 2 aliphatic carbocycles. The molecule has 0 amide bonds. The van der Waals surface area contributed by atoms with Crippen LogP contribution in [-0.2, 0) is 0 Å². The molecule has 0 spiro atoms. The maximum Gasteiger partial charge on any atom is 0.0926 e. The number of quaternary nitrogens is 1. The lowest BCUT2D eigenvalue weighted by Gasteiger charge is -2.45. The van der Waals surface area contributed by atoms with Gasteiger partial charge in [-0.15, -0.1) is 0 Å². The van der Waals surface area contributed by atoms with Crippen LogP contribution in [0, 0.1) is 11.8 Å². The van der Waals surface area contributed by atoms with Crippen molar-refractivity contribution in [2.75, 3.05) is 33.8 Å². The molecule has 3 nitrogen and oxygen atoms in total. The number of rotatable bonds is 8. The average Bonchev–Trinajstić information content (AvgIpc) is 2.79. The number of nitrogens with zero attached hydrogens (tertiary/aromatic N) is 1. The van der Waals surface area contributed by atoms with Gasteiger partial charge in [-0.3, -0.25) is 0 Å². The summed E-state index contributed by atoms with van der Waals surface area (Å²) in [5.41, 5.74) is 6.96. The number of aliphatic hydroxyl groups is 2. The highest BCUT2D eigenvalue weighted by molar-refractivity contribution is 5.74. The third-order valence-electron chi connectivity index (χ3n) is 7.16. The Morgan fingerprint density at radius 2 is 1.81 bits per heavy atom. The van der Waals surface area contributed by atoms with Crippen LogP contribution in [0.5, 0.6) is 0 Å². The second-order valence-electron chi connectivity index (χ2n) is 10.2. The summed E-state index contributed by atoms with van der Waals surface area (Å²) in [6, 6.07) is 10.7. The van der Waals surface area contributed by atoms with Gasteiger partial charge in [-0.1, -0.05) is 54.6 Å². The number of aliphatic hydroxyl groups excluding tert-OH is 2. The Balaban J connectivity index is 1.68. The zero-order valence-corrected chi connectivity index (χ0v) is 19.6. The number of benzene rings is 1. The lowest BCUT2D eigenvalue weighted by Crippen LogP contribution is -2.58. The van der Waals surface area contributed by atoms with Crippen LogP contribution in [0.3, 0.4) is 0 Å². The van der Waals surface area contributed by atoms with Crippen molar-refractivity contribution in [3.8, 4) is 0 Å². The van der Waals surface area contributed by atoms with Crippen LogP contribution in [0.1, 0.15) is 44.1 Å². The summed E-state index contributed by atoms with van der Waals surface area (Å²) in [5, 5.41) is 19.3. The second-order valence-corrected chi connectivity index (χ2v) is 10.2. The second kappa shape index (κ2) is 10.1. The maximum atomic E-state index is 9.97. The smallest absolute Gasteiger partial charge is 0.0926 e. The first kappa shape index (κ1) is 22.8. The Bertz CT molecular complexity index is 954. The number of unbranched alkanes of at least 4 members (excludes halogenated alkanes) is 1. The van der Waals surface area contributed by atoms with E-state index in [2.05, 4.69) is 68.7 Å². The predicted molar refractivity (Wildman–Crippen MR) is 133 cm³/mol. The van der Waals surface area contributed by atoms with Crippen molar-refractivity contribution < 1.29 is 14.7 Å². The van der Waals surface area contributed by atoms with Crippen LogP contribution in [0.2, 0.25) is 0 Å². The molecule has 32 heavy (non-hydrogen) atoms. The molecule has 2 N–H and O–H groups in total. The van der Waals surface area contributed by atoms with Gasteiger partial charge < -0.3 is 14.7 Å². The molecule has 1 unspecified atom stereocenters. The largest absolute Gasteiger partial charge is 0.512 e. The number of allylic oxidation sites excluding steroid dienone is 9. The van der Waals surface area contributed by atoms with Crippen molar-refractivity contribution in [1.82, 2.24) is 0 Å². The van der Waals surface area contributed by atoms with E-state index in [1.807, 2.05) is 6.08 Å². The summed E-state index contributed by atoms with van der Waals surface area (Å²) in [6.07, 6.45) is 16.7. The fourth-order valence-corrected chi connectivity index (χ4v) is 5.50. The molecule has 1 atom stereocenters. The SMILES string of the molecule is C[N+]1(C)CC(C2=CCC(/C(C3=CC=C(O)CC3)=C(/CCCCO)c3ccccc3)C=C2)C1. The van der Waals surface area contributed by atoms with Crippen molar-refractivity contribution >= 4 is 5.57 Å². The summed E-state index contributed by atoms with van der Waals surface area (Å²) >= 11 is 0. The summed E-state index contributed by atoms with van der Waals surface area (Å²) < 4.78 is 1.12. The molecule has 1 aromatic rings. The fraction of sp³-hybridized carbons (Fsp3) is 0.448. The third-order valence-corrected chi connectivity index (χ3v) is 7.16. The van der Waals surface area contributed by atoms with Crippen molar-refractivity contribution in [2.24, 2.45) is 11.8 Å². The minimum atomic E-state index is 0.238. The van der Waals surface area contributed by atoms with Crippen LogP contribution < -0.4 is 0 Å². The average molecular weight is 433 g/mol. The number of hydrogen-bond donors (Lipinski definition) is 2. The molecule has 1 aliphatic heterocycles. The van der Waals surface area contributed by atoms with Gasteiger partial charge in [0.1, 0.15) is 0 Å². The quantitative estimate of drug-likeness (QED) is 0.392. The van der Waals surface area contributed by atoms with Crippen LogP contribution in [0.15, 0.2) is 83.2 Å². The first-order valence-electron chi connectivity index (χ1n) is 12.2. The van der Waals surface area contributed by atoms with Crippen molar-refractivity contribution in [1.29, 1.82) is 0 Å². The van der Waals surface area contributed by atoms with Crippen molar-refractivity contribution in [3.05, 3.63) is 88.8 Å². The van der Waals surface area contributed by atoms with Gasteiger partial charge in [-0.25, -0.2) is 0 Å². The predicted octanol–water partition coefficient (Wildman–Crippen LogP) is 5.97. The van der Waals surface area contributed by atoms with E-state index in [1.165, 1.54) is 40.9 Å². The highest BCUT2D eigenvalue weighted by Crippen LogP contribution is 2.41. The summed E-state index contributed by atoms with van der Waals surface area (Å²) in [5.74, 6) is 1.52. The van der Waals surface area contributed by atoms with Gasteiger partial charge in [-0.05, 0) is 66.0 Å². The minimum Gasteiger partial charge on any atom is -0.512 e. The molecular weight excluding hydrogens is 394 g/mol. The van der Waals surface area contributed by atoms with Gasteiger partial charge in [0, 0.05) is 18.9 Å². The standard InChI is InChI=1S/C29H37NO2/c1-30(2)20-26(21-30)22-11-13-24(14-12-22)29(25-15-17-27(32)18-16-25)28(10-6-7-19-31)23-8-4-3-5-9-23/h3-5,8-9,11-13,15,17,24,26,31H,6-7,10,14,16,18-21H2,1-2H3/p+1/b29-28+. The van der Waals surface area contributed by atoms with Crippen LogP contribution in [-0.4, -0.2) is 48.5 Å². The normalized spacial score (nSPS) is 23.6. The van der Waals surface area contributed by atoms with Gasteiger partial charge in [0.05, 0.1) is 38.9 Å². The minimum absolute atomic E-state index is 0.238. The van der Waals surface area contributed by atoms with E-state index in [-0.39, 0.29) is 6.61 Å². The van der Waals surface area contributed by atoms with Gasteiger partial charge in [0.2, 0.25) is 0 Å². The number of hydrogen-bond acceptors (Lipinski definition) is 2. The summed E-state index contributed by atoms with van der Waals surface area (Å²) in [6.45, 7) is 2.70. The Morgan fingerprint density at radius 1 is 1.03 bits per heavy atom. The zero-order chi connectivity index (χ0) is 22.6. The summed E-state index contributed by atoms with van der Waals surface area (Å²) in [4.78, 5) is 0. The molecule has 0 aromatic heterocycles. The lowest BCUT2D eigenvalue weighted by molar-refractivity contribution is -0.936. The van der Waals surface area contributed by atoms with Crippen LogP contribution in [0.25, 0.3) is 5.57 Å². The van der Waals surface area contributed by atoms with E-state index in [9.17, 15) is 10.2 Å². The Kier molecular flexibility index (Phi) is 7.17. The zero-order valence-electron chi connectivity index (χ0n) is 19.6. The molecule has 3 heteroatoms. The molecule has 1 aromatic carbocycles. The van der Waals surface area contributed by atoms with E-state index in [0.717, 1.165) is 36.6 Å². The lowest BCUT2D eigenvalue weighted by atomic mass is 9.76. The molecule has 1 saturated heterocycles. The first-order valence-corrected chi connectivity index (χ1v) is 12.2. The monoisotopic (exact) mass is 432 g/mol. The van der Waals surface area contributed by atoms with E-state index in [1.54, 1.807) is 0 Å². The molecular formula is C29H38NO2+.